The highest BCUT2D eigenvalue weighted by Crippen LogP contribution is 2.47. The largest absolute Gasteiger partial charge is 0.351 e. The maximum absolute atomic E-state index is 12.5. The smallest absolute Gasteiger partial charge is 0.240 e. The van der Waals surface area contributed by atoms with Crippen LogP contribution in [0.15, 0.2) is 48.5 Å². The standard InChI is InChI=1S/C18H16Cl2N2O2/c19-13-6-4-12(5-7-13)11-21-16(23)18(8-9-18)17(24)22-15-3-1-2-14(20)10-15/h1-7,10H,8-9,11H2,(H,21,23)(H,22,24). The predicted octanol–water partition coefficient (Wildman–Crippen LogP) is 4.03. The summed E-state index contributed by atoms with van der Waals surface area (Å²) in [6.07, 6.45) is 1.09. The van der Waals surface area contributed by atoms with E-state index in [1.54, 1.807) is 36.4 Å². The first-order valence-electron chi connectivity index (χ1n) is 7.59. The van der Waals surface area contributed by atoms with Gasteiger partial charge in [0.25, 0.3) is 0 Å². The third-order valence-electron chi connectivity index (χ3n) is 4.07. The zero-order valence-corrected chi connectivity index (χ0v) is 14.3. The molecule has 1 saturated carbocycles. The third-order valence-corrected chi connectivity index (χ3v) is 4.56. The summed E-state index contributed by atoms with van der Waals surface area (Å²) in [5.74, 6) is -0.546. The monoisotopic (exact) mass is 362 g/mol. The topological polar surface area (TPSA) is 58.2 Å². The van der Waals surface area contributed by atoms with Crippen LogP contribution >= 0.6 is 23.2 Å². The first-order valence-corrected chi connectivity index (χ1v) is 8.35. The lowest BCUT2D eigenvalue weighted by Gasteiger charge is -2.15. The lowest BCUT2D eigenvalue weighted by atomic mass is 10.0. The number of benzene rings is 2. The zero-order valence-electron chi connectivity index (χ0n) is 12.8. The van der Waals surface area contributed by atoms with Gasteiger partial charge in [-0.05, 0) is 48.7 Å². The maximum atomic E-state index is 12.5. The molecule has 0 spiro atoms. The Hall–Kier alpha value is -2.04. The van der Waals surface area contributed by atoms with Crippen molar-refractivity contribution in [2.75, 3.05) is 5.32 Å². The van der Waals surface area contributed by atoms with Crippen LogP contribution in [0, 0.1) is 5.41 Å². The minimum absolute atomic E-state index is 0.253. The highest BCUT2D eigenvalue weighted by molar-refractivity contribution is 6.31. The van der Waals surface area contributed by atoms with Gasteiger partial charge in [0.2, 0.25) is 11.8 Å². The number of carbonyl (C=O) groups excluding carboxylic acids is 2. The number of nitrogens with one attached hydrogen (secondary N) is 2. The Balaban J connectivity index is 1.61. The Morgan fingerprint density at radius 2 is 1.67 bits per heavy atom. The SMILES string of the molecule is O=C(NCc1ccc(Cl)cc1)C1(C(=O)Nc2cccc(Cl)c2)CC1. The van der Waals surface area contributed by atoms with Gasteiger partial charge in [-0.25, -0.2) is 0 Å². The molecule has 24 heavy (non-hydrogen) atoms. The summed E-state index contributed by atoms with van der Waals surface area (Å²) in [4.78, 5) is 24.9. The van der Waals surface area contributed by atoms with Gasteiger partial charge in [-0.2, -0.15) is 0 Å². The van der Waals surface area contributed by atoms with Crippen LogP contribution in [0.5, 0.6) is 0 Å². The lowest BCUT2D eigenvalue weighted by molar-refractivity contribution is -0.134. The van der Waals surface area contributed by atoms with E-state index in [2.05, 4.69) is 10.6 Å². The predicted molar refractivity (Wildman–Crippen MR) is 95.0 cm³/mol. The second kappa shape index (κ2) is 6.83. The molecular weight excluding hydrogens is 347 g/mol. The van der Waals surface area contributed by atoms with Crippen molar-refractivity contribution in [3.63, 3.8) is 0 Å². The van der Waals surface area contributed by atoms with E-state index in [-0.39, 0.29) is 11.8 Å². The first-order chi connectivity index (χ1) is 11.5. The van der Waals surface area contributed by atoms with E-state index in [4.69, 9.17) is 23.2 Å². The van der Waals surface area contributed by atoms with Crippen LogP contribution in [0.2, 0.25) is 10.0 Å². The highest BCUT2D eigenvalue weighted by Gasteiger charge is 2.56. The molecule has 2 aromatic rings. The summed E-state index contributed by atoms with van der Waals surface area (Å²) in [5.41, 5.74) is 0.539. The summed E-state index contributed by atoms with van der Waals surface area (Å²) in [7, 11) is 0. The number of carbonyl (C=O) groups is 2. The second-order valence-corrected chi connectivity index (χ2v) is 6.73. The lowest BCUT2D eigenvalue weighted by Crippen LogP contribution is -2.39. The van der Waals surface area contributed by atoms with Crippen LogP contribution in [-0.2, 0) is 16.1 Å². The third kappa shape index (κ3) is 3.71. The van der Waals surface area contributed by atoms with Crippen molar-refractivity contribution in [2.45, 2.75) is 19.4 Å². The molecule has 2 aromatic carbocycles. The quantitative estimate of drug-likeness (QED) is 0.788. The second-order valence-electron chi connectivity index (χ2n) is 5.86. The van der Waals surface area contributed by atoms with Crippen molar-refractivity contribution < 1.29 is 9.59 Å². The van der Waals surface area contributed by atoms with Crippen molar-refractivity contribution in [2.24, 2.45) is 5.41 Å². The van der Waals surface area contributed by atoms with E-state index < -0.39 is 5.41 Å². The van der Waals surface area contributed by atoms with Crippen LogP contribution in [0.1, 0.15) is 18.4 Å². The zero-order chi connectivity index (χ0) is 17.2. The Bertz CT molecular complexity index is 771. The summed E-state index contributed by atoms with van der Waals surface area (Å²) >= 11 is 11.7. The number of halogens is 2. The molecule has 0 unspecified atom stereocenters. The van der Waals surface area contributed by atoms with Gasteiger partial charge in [0.15, 0.2) is 0 Å². The molecular formula is C18H16Cl2N2O2. The average molecular weight is 363 g/mol. The van der Waals surface area contributed by atoms with E-state index in [1.807, 2.05) is 12.1 Å². The van der Waals surface area contributed by atoms with Gasteiger partial charge in [0, 0.05) is 22.3 Å². The highest BCUT2D eigenvalue weighted by atomic mass is 35.5. The van der Waals surface area contributed by atoms with Crippen molar-refractivity contribution in [1.29, 1.82) is 0 Å². The van der Waals surface area contributed by atoms with Gasteiger partial charge >= 0.3 is 0 Å². The molecule has 1 fully saturated rings. The average Bonchev–Trinajstić information content (AvgIpc) is 3.36. The summed E-state index contributed by atoms with van der Waals surface area (Å²) < 4.78 is 0. The van der Waals surface area contributed by atoms with Crippen molar-refractivity contribution >= 4 is 40.7 Å². The fourth-order valence-corrected chi connectivity index (χ4v) is 2.77. The van der Waals surface area contributed by atoms with Crippen molar-refractivity contribution in [1.82, 2.24) is 5.32 Å². The molecule has 0 radical (unpaired) electrons. The normalized spacial score (nSPS) is 14.8. The van der Waals surface area contributed by atoms with Gasteiger partial charge in [-0.3, -0.25) is 9.59 Å². The number of rotatable bonds is 5. The van der Waals surface area contributed by atoms with Crippen LogP contribution in [0.25, 0.3) is 0 Å². The Morgan fingerprint density at radius 1 is 0.958 bits per heavy atom. The Labute approximate surface area is 150 Å². The molecule has 0 bridgehead atoms. The summed E-state index contributed by atoms with van der Waals surface area (Å²) in [6.45, 7) is 0.363. The van der Waals surface area contributed by atoms with Gasteiger partial charge < -0.3 is 10.6 Å². The fraction of sp³-hybridized carbons (Fsp3) is 0.222. The van der Waals surface area contributed by atoms with Crippen LogP contribution in [-0.4, -0.2) is 11.8 Å². The molecule has 2 N–H and O–H groups in total. The van der Waals surface area contributed by atoms with Gasteiger partial charge in [-0.1, -0.05) is 41.4 Å². The summed E-state index contributed by atoms with van der Waals surface area (Å²) in [6, 6.07) is 14.1. The number of anilines is 1. The Kier molecular flexibility index (Phi) is 4.78. The first kappa shape index (κ1) is 16.8. The minimum Gasteiger partial charge on any atom is -0.351 e. The molecule has 0 atom stereocenters. The molecule has 1 aliphatic carbocycles. The van der Waals surface area contributed by atoms with E-state index in [0.717, 1.165) is 5.56 Å². The molecule has 0 aromatic heterocycles. The number of hydrogen-bond donors (Lipinski definition) is 2. The Morgan fingerprint density at radius 3 is 2.29 bits per heavy atom. The molecule has 124 valence electrons. The fourth-order valence-electron chi connectivity index (χ4n) is 2.45. The minimum atomic E-state index is -0.977. The summed E-state index contributed by atoms with van der Waals surface area (Å²) in [5, 5.41) is 6.78. The van der Waals surface area contributed by atoms with Gasteiger partial charge in [0.05, 0.1) is 0 Å². The van der Waals surface area contributed by atoms with Crippen LogP contribution in [0.3, 0.4) is 0 Å². The van der Waals surface area contributed by atoms with Crippen molar-refractivity contribution in [3.05, 3.63) is 64.1 Å². The molecule has 4 nitrogen and oxygen atoms in total. The van der Waals surface area contributed by atoms with Gasteiger partial charge in [0.1, 0.15) is 5.41 Å². The van der Waals surface area contributed by atoms with E-state index in [9.17, 15) is 9.59 Å². The van der Waals surface area contributed by atoms with E-state index in [0.29, 0.717) is 35.1 Å². The molecule has 6 heteroatoms. The maximum Gasteiger partial charge on any atom is 0.240 e. The van der Waals surface area contributed by atoms with Crippen LogP contribution < -0.4 is 10.6 Å². The van der Waals surface area contributed by atoms with Crippen molar-refractivity contribution in [3.8, 4) is 0 Å². The van der Waals surface area contributed by atoms with E-state index in [1.165, 1.54) is 0 Å². The number of hydrogen-bond acceptors (Lipinski definition) is 2. The number of amides is 2. The molecule has 2 amide bonds. The molecule has 0 heterocycles. The van der Waals surface area contributed by atoms with Crippen LogP contribution in [0.4, 0.5) is 5.69 Å². The van der Waals surface area contributed by atoms with Gasteiger partial charge in [-0.15, -0.1) is 0 Å². The molecule has 1 aliphatic rings. The molecule has 0 saturated heterocycles. The molecule has 0 aliphatic heterocycles. The molecule has 3 rings (SSSR count). The van der Waals surface area contributed by atoms with E-state index >= 15 is 0 Å².